The highest BCUT2D eigenvalue weighted by molar-refractivity contribution is 9.10. The topological polar surface area (TPSA) is 41.1 Å². The molecular formula is C19H30BrClN2O. The molecule has 3 unspecified atom stereocenters. The molecule has 2 rings (SSSR count). The largest absolute Gasteiger partial charge is 0.353 e. The molecule has 1 saturated heterocycles. The zero-order valence-corrected chi connectivity index (χ0v) is 17.3. The van der Waals surface area contributed by atoms with E-state index in [0.29, 0.717) is 18.0 Å². The Bertz CT molecular complexity index is 524. The number of carbonyl (C=O) groups is 1. The van der Waals surface area contributed by atoms with Gasteiger partial charge in [-0.05, 0) is 62.8 Å². The van der Waals surface area contributed by atoms with Crippen molar-refractivity contribution in [2.24, 2.45) is 11.8 Å². The molecule has 1 aliphatic rings. The lowest BCUT2D eigenvalue weighted by atomic mass is 9.89. The Morgan fingerprint density at radius 1 is 1.42 bits per heavy atom. The fraction of sp³-hybridized carbons (Fsp3) is 0.632. The first-order valence-corrected chi connectivity index (χ1v) is 9.51. The maximum absolute atomic E-state index is 12.8. The number of benzene rings is 1. The first kappa shape index (κ1) is 21.5. The van der Waals surface area contributed by atoms with Gasteiger partial charge >= 0.3 is 0 Å². The van der Waals surface area contributed by atoms with Crippen molar-refractivity contribution in [3.05, 3.63) is 34.3 Å². The SMILES string of the molecule is CC(C)CC(Cc1cccc(Br)c1)C(=O)NC1CCNC(C)C1.Cl. The van der Waals surface area contributed by atoms with Crippen molar-refractivity contribution in [2.45, 2.75) is 58.5 Å². The second-order valence-corrected chi connectivity index (χ2v) is 8.16. The Kier molecular flexibility index (Phi) is 9.32. The lowest BCUT2D eigenvalue weighted by Gasteiger charge is -2.30. The quantitative estimate of drug-likeness (QED) is 0.723. The van der Waals surface area contributed by atoms with Crippen LogP contribution in [-0.4, -0.2) is 24.5 Å². The van der Waals surface area contributed by atoms with Gasteiger partial charge in [0.25, 0.3) is 0 Å². The lowest BCUT2D eigenvalue weighted by molar-refractivity contribution is -0.126. The van der Waals surface area contributed by atoms with Gasteiger partial charge < -0.3 is 10.6 Å². The van der Waals surface area contributed by atoms with Gasteiger partial charge in [0.2, 0.25) is 5.91 Å². The van der Waals surface area contributed by atoms with Gasteiger partial charge in [-0.25, -0.2) is 0 Å². The molecule has 3 atom stereocenters. The predicted octanol–water partition coefficient (Wildman–Crippen LogP) is 4.33. The van der Waals surface area contributed by atoms with E-state index in [4.69, 9.17) is 0 Å². The third-order valence-electron chi connectivity index (χ3n) is 4.47. The van der Waals surface area contributed by atoms with Crippen molar-refractivity contribution in [2.75, 3.05) is 6.54 Å². The zero-order chi connectivity index (χ0) is 16.8. The van der Waals surface area contributed by atoms with Gasteiger partial charge in [-0.3, -0.25) is 4.79 Å². The maximum atomic E-state index is 12.8. The van der Waals surface area contributed by atoms with Crippen molar-refractivity contribution < 1.29 is 4.79 Å². The molecule has 24 heavy (non-hydrogen) atoms. The average Bonchev–Trinajstić information content (AvgIpc) is 2.46. The van der Waals surface area contributed by atoms with E-state index in [1.807, 2.05) is 12.1 Å². The average molecular weight is 418 g/mol. The normalized spacial score (nSPS) is 21.9. The van der Waals surface area contributed by atoms with Crippen molar-refractivity contribution in [1.29, 1.82) is 0 Å². The Morgan fingerprint density at radius 2 is 2.17 bits per heavy atom. The van der Waals surface area contributed by atoms with Crippen LogP contribution in [0.15, 0.2) is 28.7 Å². The lowest BCUT2D eigenvalue weighted by Crippen LogP contribution is -2.48. The van der Waals surface area contributed by atoms with Gasteiger partial charge in [0.05, 0.1) is 0 Å². The summed E-state index contributed by atoms with van der Waals surface area (Å²) in [6.07, 6.45) is 3.79. The Hall–Kier alpha value is -0.580. The molecule has 0 aromatic heterocycles. The van der Waals surface area contributed by atoms with Crippen LogP contribution in [0.1, 0.15) is 45.6 Å². The van der Waals surface area contributed by atoms with E-state index in [-0.39, 0.29) is 24.2 Å². The molecule has 0 bridgehead atoms. The number of amides is 1. The molecule has 2 N–H and O–H groups in total. The molecule has 5 heteroatoms. The van der Waals surface area contributed by atoms with Crippen LogP contribution in [0, 0.1) is 11.8 Å². The minimum absolute atomic E-state index is 0. The molecule has 1 aliphatic heterocycles. The van der Waals surface area contributed by atoms with E-state index in [1.54, 1.807) is 0 Å². The first-order chi connectivity index (χ1) is 10.9. The Morgan fingerprint density at radius 3 is 2.79 bits per heavy atom. The summed E-state index contributed by atoms with van der Waals surface area (Å²) in [6.45, 7) is 7.56. The first-order valence-electron chi connectivity index (χ1n) is 8.72. The molecule has 3 nitrogen and oxygen atoms in total. The highest BCUT2D eigenvalue weighted by atomic mass is 79.9. The third-order valence-corrected chi connectivity index (χ3v) is 4.96. The fourth-order valence-electron chi connectivity index (χ4n) is 3.38. The van der Waals surface area contributed by atoms with Crippen LogP contribution in [0.3, 0.4) is 0 Å². The standard InChI is InChI=1S/C19H29BrN2O.ClH/c1-13(2)9-16(11-15-5-4-6-17(20)12-15)19(23)22-18-7-8-21-14(3)10-18;/h4-6,12-14,16,18,21H,7-11H2,1-3H3,(H,22,23);1H. The van der Waals surface area contributed by atoms with Crippen molar-refractivity contribution in [3.63, 3.8) is 0 Å². The highest BCUT2D eigenvalue weighted by Crippen LogP contribution is 2.21. The Balaban J connectivity index is 0.00000288. The number of piperidine rings is 1. The number of carbonyl (C=O) groups excluding carboxylic acids is 1. The number of rotatable bonds is 6. The molecule has 1 amide bonds. The molecule has 0 radical (unpaired) electrons. The fourth-order valence-corrected chi connectivity index (χ4v) is 3.83. The number of hydrogen-bond donors (Lipinski definition) is 2. The predicted molar refractivity (Wildman–Crippen MR) is 107 cm³/mol. The van der Waals surface area contributed by atoms with E-state index in [1.165, 1.54) is 5.56 Å². The van der Waals surface area contributed by atoms with E-state index < -0.39 is 0 Å². The maximum Gasteiger partial charge on any atom is 0.223 e. The van der Waals surface area contributed by atoms with Gasteiger partial charge in [0, 0.05) is 22.5 Å². The molecule has 1 heterocycles. The second-order valence-electron chi connectivity index (χ2n) is 7.25. The summed E-state index contributed by atoms with van der Waals surface area (Å²) in [6, 6.07) is 9.10. The van der Waals surface area contributed by atoms with Gasteiger partial charge in [-0.1, -0.05) is 41.9 Å². The van der Waals surface area contributed by atoms with E-state index in [2.05, 4.69) is 59.5 Å². The molecule has 0 saturated carbocycles. The van der Waals surface area contributed by atoms with Gasteiger partial charge in [-0.15, -0.1) is 12.4 Å². The van der Waals surface area contributed by atoms with Crippen LogP contribution in [-0.2, 0) is 11.2 Å². The summed E-state index contributed by atoms with van der Waals surface area (Å²) < 4.78 is 1.07. The van der Waals surface area contributed by atoms with Crippen LogP contribution < -0.4 is 10.6 Å². The van der Waals surface area contributed by atoms with Crippen LogP contribution >= 0.6 is 28.3 Å². The zero-order valence-electron chi connectivity index (χ0n) is 14.8. The van der Waals surface area contributed by atoms with Crippen LogP contribution in [0.5, 0.6) is 0 Å². The van der Waals surface area contributed by atoms with E-state index in [9.17, 15) is 4.79 Å². The van der Waals surface area contributed by atoms with Crippen LogP contribution in [0.4, 0.5) is 0 Å². The summed E-state index contributed by atoms with van der Waals surface area (Å²) >= 11 is 3.52. The molecule has 0 spiro atoms. The smallest absolute Gasteiger partial charge is 0.223 e. The summed E-state index contributed by atoms with van der Waals surface area (Å²) in [7, 11) is 0. The van der Waals surface area contributed by atoms with Gasteiger partial charge in [0.1, 0.15) is 0 Å². The van der Waals surface area contributed by atoms with Crippen LogP contribution in [0.25, 0.3) is 0 Å². The molecular weight excluding hydrogens is 388 g/mol. The molecule has 0 aliphatic carbocycles. The van der Waals surface area contributed by atoms with Gasteiger partial charge in [0.15, 0.2) is 0 Å². The highest BCUT2D eigenvalue weighted by Gasteiger charge is 2.25. The molecule has 136 valence electrons. The summed E-state index contributed by atoms with van der Waals surface area (Å²) in [5.41, 5.74) is 1.22. The number of halogens is 2. The van der Waals surface area contributed by atoms with Crippen molar-refractivity contribution >= 4 is 34.2 Å². The minimum Gasteiger partial charge on any atom is -0.353 e. The monoisotopic (exact) mass is 416 g/mol. The van der Waals surface area contributed by atoms with Crippen molar-refractivity contribution in [3.8, 4) is 0 Å². The molecule has 1 aromatic rings. The van der Waals surface area contributed by atoms with Gasteiger partial charge in [-0.2, -0.15) is 0 Å². The van der Waals surface area contributed by atoms with Crippen molar-refractivity contribution in [1.82, 2.24) is 10.6 Å². The van der Waals surface area contributed by atoms with Crippen LogP contribution in [0.2, 0.25) is 0 Å². The Labute approximate surface area is 160 Å². The molecule has 1 aromatic carbocycles. The summed E-state index contributed by atoms with van der Waals surface area (Å²) in [5.74, 6) is 0.789. The van der Waals surface area contributed by atoms with E-state index >= 15 is 0 Å². The summed E-state index contributed by atoms with van der Waals surface area (Å²) in [4.78, 5) is 12.8. The number of nitrogens with one attached hydrogen (secondary N) is 2. The van der Waals surface area contributed by atoms with E-state index in [0.717, 1.165) is 36.7 Å². The third kappa shape index (κ3) is 7.12. The molecule has 1 fully saturated rings. The second kappa shape index (κ2) is 10.4. The number of hydrogen-bond acceptors (Lipinski definition) is 2. The summed E-state index contributed by atoms with van der Waals surface area (Å²) in [5, 5.41) is 6.74. The minimum atomic E-state index is 0.